The Morgan fingerprint density at radius 3 is 2.54 bits per heavy atom. The van der Waals surface area contributed by atoms with Gasteiger partial charge in [0, 0.05) is 32.1 Å². The minimum Gasteiger partial charge on any atom is -0.341 e. The first kappa shape index (κ1) is 17.9. The van der Waals surface area contributed by atoms with E-state index in [1.54, 1.807) is 30.1 Å². The molecular formula is C21H22N2O3. The van der Waals surface area contributed by atoms with E-state index >= 15 is 0 Å². The number of aryl methyl sites for hydroxylation is 1. The summed E-state index contributed by atoms with van der Waals surface area (Å²) >= 11 is 0. The Morgan fingerprint density at radius 2 is 1.77 bits per heavy atom. The zero-order valence-corrected chi connectivity index (χ0v) is 15.1. The second kappa shape index (κ2) is 7.52. The molecule has 5 heteroatoms. The van der Waals surface area contributed by atoms with Crippen LogP contribution < -0.4 is 0 Å². The molecule has 1 aliphatic rings. The lowest BCUT2D eigenvalue weighted by Gasteiger charge is -2.27. The lowest BCUT2D eigenvalue weighted by molar-refractivity contribution is -0.132. The van der Waals surface area contributed by atoms with Gasteiger partial charge in [0.15, 0.2) is 0 Å². The van der Waals surface area contributed by atoms with Gasteiger partial charge in [-0.25, -0.2) is 0 Å². The van der Waals surface area contributed by atoms with Crippen LogP contribution >= 0.6 is 0 Å². The molecule has 0 atom stereocenters. The van der Waals surface area contributed by atoms with E-state index in [0.717, 1.165) is 16.7 Å². The van der Waals surface area contributed by atoms with E-state index in [1.807, 2.05) is 37.3 Å². The third-order valence-electron chi connectivity index (χ3n) is 4.78. The molecule has 0 saturated carbocycles. The first-order valence-corrected chi connectivity index (χ1v) is 8.68. The molecule has 134 valence electrons. The second-order valence-electron chi connectivity index (χ2n) is 6.61. The quantitative estimate of drug-likeness (QED) is 0.779. The molecule has 0 saturated heterocycles. The molecular weight excluding hydrogens is 328 g/mol. The van der Waals surface area contributed by atoms with E-state index in [-0.39, 0.29) is 37.1 Å². The van der Waals surface area contributed by atoms with Gasteiger partial charge in [-0.1, -0.05) is 42.5 Å². The van der Waals surface area contributed by atoms with E-state index in [4.69, 9.17) is 0 Å². The molecule has 0 N–H and O–H groups in total. The average molecular weight is 350 g/mol. The molecule has 3 rings (SSSR count). The summed E-state index contributed by atoms with van der Waals surface area (Å²) in [7, 11) is 1.74. The predicted octanol–water partition coefficient (Wildman–Crippen LogP) is 2.57. The summed E-state index contributed by atoms with van der Waals surface area (Å²) in [6.45, 7) is 2.63. The van der Waals surface area contributed by atoms with Crippen LogP contribution in [0.3, 0.4) is 0 Å². The normalized spacial score (nSPS) is 13.5. The van der Waals surface area contributed by atoms with Gasteiger partial charge < -0.3 is 4.90 Å². The van der Waals surface area contributed by atoms with Gasteiger partial charge >= 0.3 is 0 Å². The smallest absolute Gasteiger partial charge is 0.260 e. The number of carbonyl (C=O) groups is 3. The van der Waals surface area contributed by atoms with Crippen LogP contribution in [0.2, 0.25) is 0 Å². The Balaban J connectivity index is 1.61. The molecule has 0 aliphatic carbocycles. The van der Waals surface area contributed by atoms with Crippen molar-refractivity contribution >= 4 is 17.7 Å². The van der Waals surface area contributed by atoms with Gasteiger partial charge in [0.05, 0.1) is 6.42 Å². The lowest BCUT2D eigenvalue weighted by atomic mass is 9.98. The van der Waals surface area contributed by atoms with E-state index in [0.29, 0.717) is 12.1 Å². The van der Waals surface area contributed by atoms with Gasteiger partial charge in [-0.05, 0) is 29.7 Å². The summed E-state index contributed by atoms with van der Waals surface area (Å²) in [4.78, 5) is 40.1. The Bertz CT molecular complexity index is 860. The van der Waals surface area contributed by atoms with Crippen LogP contribution in [-0.2, 0) is 22.6 Å². The Morgan fingerprint density at radius 1 is 1.08 bits per heavy atom. The van der Waals surface area contributed by atoms with E-state index in [1.165, 1.54) is 4.90 Å². The van der Waals surface area contributed by atoms with Crippen molar-refractivity contribution in [1.82, 2.24) is 9.80 Å². The number of imide groups is 1. The molecule has 2 aromatic rings. The number of carbonyl (C=O) groups excluding carboxylic acids is 3. The van der Waals surface area contributed by atoms with Crippen molar-refractivity contribution in [1.29, 1.82) is 0 Å². The van der Waals surface area contributed by atoms with Crippen LogP contribution in [0, 0.1) is 6.92 Å². The molecule has 1 heterocycles. The van der Waals surface area contributed by atoms with Crippen molar-refractivity contribution < 1.29 is 14.4 Å². The maximum Gasteiger partial charge on any atom is 0.260 e. The molecule has 0 spiro atoms. The predicted molar refractivity (Wildman–Crippen MR) is 98.5 cm³/mol. The fourth-order valence-electron chi connectivity index (χ4n) is 3.16. The number of nitrogens with zero attached hydrogens (tertiary/aromatic N) is 2. The van der Waals surface area contributed by atoms with Crippen LogP contribution in [0.15, 0.2) is 48.5 Å². The highest BCUT2D eigenvalue weighted by molar-refractivity contribution is 6.09. The molecule has 2 aromatic carbocycles. The summed E-state index contributed by atoms with van der Waals surface area (Å²) < 4.78 is 0. The standard InChI is InChI=1S/C21H22N2O3/c1-15-7-3-4-9-17(15)14-22(2)19(24)11-12-23-20(25)13-16-8-5-6-10-18(16)21(23)26/h3-10H,11-14H2,1-2H3. The first-order valence-electron chi connectivity index (χ1n) is 8.68. The molecule has 26 heavy (non-hydrogen) atoms. The minimum absolute atomic E-state index is 0.0901. The number of fused-ring (bicyclic) bond motifs is 1. The van der Waals surface area contributed by atoms with Crippen molar-refractivity contribution in [2.75, 3.05) is 13.6 Å². The number of benzene rings is 2. The van der Waals surface area contributed by atoms with Crippen molar-refractivity contribution in [2.45, 2.75) is 26.3 Å². The van der Waals surface area contributed by atoms with Gasteiger partial charge in [0.1, 0.15) is 0 Å². The van der Waals surface area contributed by atoms with Gasteiger partial charge in [0.2, 0.25) is 11.8 Å². The zero-order chi connectivity index (χ0) is 18.7. The van der Waals surface area contributed by atoms with Crippen molar-refractivity contribution in [3.63, 3.8) is 0 Å². The first-order chi connectivity index (χ1) is 12.5. The van der Waals surface area contributed by atoms with Crippen LogP contribution in [0.25, 0.3) is 0 Å². The highest BCUT2D eigenvalue weighted by atomic mass is 16.2. The van der Waals surface area contributed by atoms with Gasteiger partial charge in [-0.15, -0.1) is 0 Å². The Labute approximate surface area is 153 Å². The van der Waals surface area contributed by atoms with E-state index in [2.05, 4.69) is 0 Å². The molecule has 0 radical (unpaired) electrons. The van der Waals surface area contributed by atoms with Crippen molar-refractivity contribution in [2.24, 2.45) is 0 Å². The summed E-state index contributed by atoms with van der Waals surface area (Å²) in [6, 6.07) is 15.0. The van der Waals surface area contributed by atoms with Crippen LogP contribution in [0.5, 0.6) is 0 Å². The summed E-state index contributed by atoms with van der Waals surface area (Å²) in [5.74, 6) is -0.651. The highest BCUT2D eigenvalue weighted by Gasteiger charge is 2.30. The van der Waals surface area contributed by atoms with E-state index in [9.17, 15) is 14.4 Å². The van der Waals surface area contributed by atoms with E-state index < -0.39 is 0 Å². The van der Waals surface area contributed by atoms with Crippen LogP contribution in [0.4, 0.5) is 0 Å². The topological polar surface area (TPSA) is 57.7 Å². The highest BCUT2D eigenvalue weighted by Crippen LogP contribution is 2.20. The number of rotatable bonds is 5. The van der Waals surface area contributed by atoms with Gasteiger partial charge in [-0.3, -0.25) is 19.3 Å². The summed E-state index contributed by atoms with van der Waals surface area (Å²) in [5.41, 5.74) is 3.52. The molecule has 0 bridgehead atoms. The Kier molecular flexibility index (Phi) is 5.16. The third kappa shape index (κ3) is 3.67. The summed E-state index contributed by atoms with van der Waals surface area (Å²) in [5, 5.41) is 0. The SMILES string of the molecule is Cc1ccccc1CN(C)C(=O)CCN1C(=O)Cc2ccccc2C1=O. The average Bonchev–Trinajstić information content (AvgIpc) is 2.63. The molecule has 0 unspecified atom stereocenters. The zero-order valence-electron chi connectivity index (χ0n) is 15.1. The maximum absolute atomic E-state index is 12.5. The summed E-state index contributed by atoms with van der Waals surface area (Å²) in [6.07, 6.45) is 0.331. The number of hydrogen-bond acceptors (Lipinski definition) is 3. The molecule has 5 nitrogen and oxygen atoms in total. The molecule has 1 aliphatic heterocycles. The van der Waals surface area contributed by atoms with Crippen LogP contribution in [-0.4, -0.2) is 41.1 Å². The lowest BCUT2D eigenvalue weighted by Crippen LogP contribution is -2.44. The Hall–Kier alpha value is -2.95. The van der Waals surface area contributed by atoms with Crippen molar-refractivity contribution in [3.05, 3.63) is 70.8 Å². The van der Waals surface area contributed by atoms with Gasteiger partial charge in [0.25, 0.3) is 5.91 Å². The fraction of sp³-hybridized carbons (Fsp3) is 0.286. The third-order valence-corrected chi connectivity index (χ3v) is 4.78. The largest absolute Gasteiger partial charge is 0.341 e. The number of amides is 3. The second-order valence-corrected chi connectivity index (χ2v) is 6.61. The van der Waals surface area contributed by atoms with Gasteiger partial charge in [-0.2, -0.15) is 0 Å². The minimum atomic E-state index is -0.314. The number of hydrogen-bond donors (Lipinski definition) is 0. The fourth-order valence-corrected chi connectivity index (χ4v) is 3.16. The molecule has 0 aromatic heterocycles. The van der Waals surface area contributed by atoms with Crippen molar-refractivity contribution in [3.8, 4) is 0 Å². The molecule has 3 amide bonds. The molecule has 0 fully saturated rings. The van der Waals surface area contributed by atoms with Crippen LogP contribution in [0.1, 0.15) is 33.5 Å². The monoisotopic (exact) mass is 350 g/mol. The maximum atomic E-state index is 12.5.